The van der Waals surface area contributed by atoms with Gasteiger partial charge in [0.1, 0.15) is 0 Å². The van der Waals surface area contributed by atoms with Crippen molar-refractivity contribution in [3.05, 3.63) is 74.6 Å². The molecule has 128 valence electrons. The van der Waals surface area contributed by atoms with Crippen LogP contribution < -0.4 is 28.1 Å². The fraction of sp³-hybridized carbons (Fsp3) is 0.227. The first kappa shape index (κ1) is 20.6. The number of allylic oxidation sites excluding steroid dienone is 4. The number of aryl methyl sites for hydroxylation is 1. The summed E-state index contributed by atoms with van der Waals surface area (Å²) in [6.07, 6.45) is 9.28. The molecule has 0 bridgehead atoms. The van der Waals surface area contributed by atoms with Gasteiger partial charge in [0.2, 0.25) is 0 Å². The molecule has 0 saturated carbocycles. The summed E-state index contributed by atoms with van der Waals surface area (Å²) < 4.78 is 5.14. The fourth-order valence-electron chi connectivity index (χ4n) is 3.99. The first-order valence-electron chi connectivity index (χ1n) is 8.41. The van der Waals surface area contributed by atoms with Crippen LogP contribution in [0.4, 0.5) is 0 Å². The molecule has 0 amide bonds. The van der Waals surface area contributed by atoms with Gasteiger partial charge in [0.15, 0.2) is 0 Å². The van der Waals surface area contributed by atoms with Gasteiger partial charge >= 0.3 is 147 Å². The van der Waals surface area contributed by atoms with Gasteiger partial charge < -0.3 is 24.8 Å². The molecule has 0 atom stereocenters. The molecular formula is C22H22Cl2Zr. The Morgan fingerprint density at radius 3 is 2.44 bits per heavy atom. The van der Waals surface area contributed by atoms with Crippen LogP contribution in [-0.2, 0) is 27.7 Å². The van der Waals surface area contributed by atoms with Crippen LogP contribution in [0.3, 0.4) is 0 Å². The van der Waals surface area contributed by atoms with E-state index in [1.165, 1.54) is 28.7 Å². The minimum absolute atomic E-state index is 0. The number of benzene rings is 2. The molecule has 2 aromatic rings. The maximum atomic E-state index is 2.51. The van der Waals surface area contributed by atoms with E-state index in [9.17, 15) is 0 Å². The van der Waals surface area contributed by atoms with Crippen LogP contribution in [0, 0.1) is 6.92 Å². The van der Waals surface area contributed by atoms with Crippen molar-refractivity contribution in [1.29, 1.82) is 0 Å². The van der Waals surface area contributed by atoms with Crippen molar-refractivity contribution in [2.24, 2.45) is 0 Å². The van der Waals surface area contributed by atoms with Crippen molar-refractivity contribution in [2.45, 2.75) is 33.6 Å². The van der Waals surface area contributed by atoms with Gasteiger partial charge in [-0.1, -0.05) is 0 Å². The second-order valence-electron chi connectivity index (χ2n) is 6.87. The van der Waals surface area contributed by atoms with Crippen LogP contribution in [0.2, 0.25) is 0 Å². The van der Waals surface area contributed by atoms with E-state index in [-0.39, 0.29) is 24.8 Å². The van der Waals surface area contributed by atoms with Gasteiger partial charge in [-0.25, -0.2) is 0 Å². The van der Waals surface area contributed by atoms with Gasteiger partial charge in [-0.05, 0) is 0 Å². The van der Waals surface area contributed by atoms with Crippen LogP contribution >= 0.6 is 0 Å². The molecule has 0 saturated heterocycles. The predicted molar refractivity (Wildman–Crippen MR) is 97.3 cm³/mol. The topological polar surface area (TPSA) is 0 Å². The Kier molecular flexibility index (Phi) is 6.82. The Labute approximate surface area is 171 Å². The summed E-state index contributed by atoms with van der Waals surface area (Å²) in [5, 5.41) is 0. The van der Waals surface area contributed by atoms with Gasteiger partial charge in [-0.3, -0.25) is 0 Å². The number of fused-ring (bicyclic) bond motifs is 3. The monoisotopic (exact) mass is 446 g/mol. The summed E-state index contributed by atoms with van der Waals surface area (Å²) in [6.45, 7) is 6.99. The van der Waals surface area contributed by atoms with Gasteiger partial charge in [-0.2, -0.15) is 0 Å². The smallest absolute Gasteiger partial charge is 1.00 e. The minimum atomic E-state index is -1.90. The largest absolute Gasteiger partial charge is 1.00 e. The molecule has 0 unspecified atom stereocenters. The van der Waals surface area contributed by atoms with E-state index in [2.05, 4.69) is 75.4 Å². The van der Waals surface area contributed by atoms with Crippen LogP contribution in [-0.4, -0.2) is 3.21 Å². The summed E-state index contributed by atoms with van der Waals surface area (Å²) in [4.78, 5) is 0. The van der Waals surface area contributed by atoms with Crippen molar-refractivity contribution in [3.63, 3.8) is 0 Å². The van der Waals surface area contributed by atoms with Gasteiger partial charge in [0, 0.05) is 0 Å². The molecule has 2 aliphatic rings. The van der Waals surface area contributed by atoms with Crippen LogP contribution in [0.25, 0.3) is 11.1 Å². The van der Waals surface area contributed by atoms with E-state index in [1.807, 2.05) is 0 Å². The molecule has 0 spiro atoms. The zero-order valence-electron chi connectivity index (χ0n) is 14.9. The summed E-state index contributed by atoms with van der Waals surface area (Å²) in [5.41, 5.74) is 7.51. The number of rotatable bonds is 2. The molecule has 0 aromatic heterocycles. The molecule has 0 nitrogen and oxygen atoms in total. The van der Waals surface area contributed by atoms with Crippen LogP contribution in [0.1, 0.15) is 37.0 Å². The molecular weight excluding hydrogens is 426 g/mol. The normalized spacial score (nSPS) is 13.0. The summed E-state index contributed by atoms with van der Waals surface area (Å²) in [7, 11) is 0. The number of hydrogen-bond donors (Lipinski definition) is 0. The van der Waals surface area contributed by atoms with E-state index in [1.54, 1.807) is 15.3 Å². The molecule has 0 fully saturated rings. The first-order chi connectivity index (χ1) is 11.1. The molecule has 25 heavy (non-hydrogen) atoms. The van der Waals surface area contributed by atoms with E-state index < -0.39 is 21.3 Å². The minimum Gasteiger partial charge on any atom is -1.00 e. The standard InChI is InChI=1S/C14H11.C5H5.C3H6.2ClH.Zr/c1-10-6-7-12-9-11-4-2-3-5-13(11)14(12)8-10;1-2-4-5-3-1;1-3-2;;;/h2-6,8H,9H2,1H3;1-3H,4H2;1-2H3;2*1H;/q;;;;;+2/p-2. The number of halogens is 2. The van der Waals surface area contributed by atoms with Crippen molar-refractivity contribution < 1.29 is 46.1 Å². The third kappa shape index (κ3) is 3.70. The molecule has 0 N–H and O–H groups in total. The molecule has 4 rings (SSSR count). The average molecular weight is 449 g/mol. The van der Waals surface area contributed by atoms with E-state index >= 15 is 0 Å². The summed E-state index contributed by atoms with van der Waals surface area (Å²) >= 11 is -1.90. The predicted octanol–water partition coefficient (Wildman–Crippen LogP) is -1.13. The fourth-order valence-corrected chi connectivity index (χ4v) is 11.4. The average Bonchev–Trinajstić information content (AvgIpc) is 3.15. The summed E-state index contributed by atoms with van der Waals surface area (Å²) in [6, 6.07) is 13.9. The molecule has 3 heteroatoms. The van der Waals surface area contributed by atoms with Crippen molar-refractivity contribution in [3.8, 4) is 11.1 Å². The first-order valence-corrected chi connectivity index (χ1v) is 12.1. The third-order valence-corrected chi connectivity index (χ3v) is 12.3. The van der Waals surface area contributed by atoms with Crippen molar-refractivity contribution in [1.82, 2.24) is 0 Å². The second-order valence-corrected chi connectivity index (χ2v) is 14.1. The maximum Gasteiger partial charge on any atom is -1.00 e. The summed E-state index contributed by atoms with van der Waals surface area (Å²) in [5.74, 6) is 0. The van der Waals surface area contributed by atoms with Crippen LogP contribution in [0.5, 0.6) is 0 Å². The van der Waals surface area contributed by atoms with Gasteiger partial charge in [-0.15, -0.1) is 0 Å². The second kappa shape index (κ2) is 8.30. The van der Waals surface area contributed by atoms with Crippen molar-refractivity contribution in [2.75, 3.05) is 0 Å². The Morgan fingerprint density at radius 2 is 1.76 bits per heavy atom. The zero-order valence-corrected chi connectivity index (χ0v) is 18.8. The van der Waals surface area contributed by atoms with Crippen molar-refractivity contribution >= 4 is 6.48 Å². The Balaban J connectivity index is 0.00000113. The molecule has 0 heterocycles. The maximum absolute atomic E-state index is 2.51. The Bertz CT molecular complexity index is 900. The van der Waals surface area contributed by atoms with Gasteiger partial charge in [0.25, 0.3) is 0 Å². The molecule has 0 aliphatic heterocycles. The Hall–Kier alpha value is -0.747. The molecule has 2 aliphatic carbocycles. The van der Waals surface area contributed by atoms with E-state index in [4.69, 9.17) is 0 Å². The van der Waals surface area contributed by atoms with Gasteiger partial charge in [0.05, 0.1) is 0 Å². The Morgan fingerprint density at radius 1 is 1.00 bits per heavy atom. The van der Waals surface area contributed by atoms with Crippen LogP contribution in [0.15, 0.2) is 57.9 Å². The third-order valence-electron chi connectivity index (χ3n) is 4.93. The molecule has 2 aromatic carbocycles. The SMILES string of the molecule is C[C](C)=[Zr+2]([C]1=CC=CC1)[c]1cc(C)cc2c1Cc1ccccc1-2.[Cl-].[Cl-]. The van der Waals surface area contributed by atoms with E-state index in [0.29, 0.717) is 0 Å². The number of hydrogen-bond acceptors (Lipinski definition) is 0. The molecule has 0 radical (unpaired) electrons. The quantitative estimate of drug-likeness (QED) is 0.466. The zero-order chi connectivity index (χ0) is 16.0. The van der Waals surface area contributed by atoms with E-state index in [0.717, 1.165) is 6.42 Å².